The van der Waals surface area contributed by atoms with Gasteiger partial charge in [-0.05, 0) is 43.0 Å². The van der Waals surface area contributed by atoms with Gasteiger partial charge in [0.05, 0.1) is 6.20 Å². The average Bonchev–Trinajstić information content (AvgIpc) is 3.28. The first kappa shape index (κ1) is 16.2. The molecule has 6 heteroatoms. The van der Waals surface area contributed by atoms with Crippen molar-refractivity contribution in [3.8, 4) is 0 Å². The van der Waals surface area contributed by atoms with Crippen molar-refractivity contribution in [2.45, 2.75) is 32.1 Å². The normalized spacial score (nSPS) is 18.0. The highest BCUT2D eigenvalue weighted by Gasteiger charge is 2.28. The van der Waals surface area contributed by atoms with Gasteiger partial charge < -0.3 is 9.88 Å². The molecule has 4 rings (SSSR count). The van der Waals surface area contributed by atoms with E-state index in [9.17, 15) is 4.79 Å². The zero-order valence-corrected chi connectivity index (χ0v) is 14.9. The number of aromatic nitrogens is 3. The summed E-state index contributed by atoms with van der Waals surface area (Å²) in [5.41, 5.74) is 3.92. The summed E-state index contributed by atoms with van der Waals surface area (Å²) in [4.78, 5) is 18.1. The number of fused-ring (bicyclic) bond motifs is 1. The zero-order chi connectivity index (χ0) is 17.4. The molecule has 0 radical (unpaired) electrons. The molecule has 130 valence electrons. The van der Waals surface area contributed by atoms with E-state index in [4.69, 9.17) is 11.6 Å². The Bertz CT molecular complexity index is 913. The number of halogens is 1. The Balaban J connectivity index is 1.58. The second kappa shape index (κ2) is 6.56. The predicted molar refractivity (Wildman–Crippen MR) is 99.2 cm³/mol. The molecule has 5 nitrogen and oxygen atoms in total. The summed E-state index contributed by atoms with van der Waals surface area (Å²) in [6.45, 7) is 3.64. The first-order valence-corrected chi connectivity index (χ1v) is 9.13. The minimum Gasteiger partial charge on any atom is -0.350 e. The molecular weight excluding hydrogens is 336 g/mol. The van der Waals surface area contributed by atoms with E-state index < -0.39 is 0 Å². The fourth-order valence-corrected chi connectivity index (χ4v) is 3.99. The van der Waals surface area contributed by atoms with Crippen molar-refractivity contribution < 1.29 is 4.79 Å². The summed E-state index contributed by atoms with van der Waals surface area (Å²) in [7, 11) is 0. The number of nitrogens with one attached hydrogen (secondary N) is 2. The van der Waals surface area contributed by atoms with E-state index in [0.29, 0.717) is 16.6 Å². The predicted octanol–water partition coefficient (Wildman–Crippen LogP) is 4.13. The van der Waals surface area contributed by atoms with E-state index in [0.717, 1.165) is 43.3 Å². The van der Waals surface area contributed by atoms with Gasteiger partial charge in [-0.2, -0.15) is 5.10 Å². The first-order chi connectivity index (χ1) is 12.2. The molecular formula is C19H21ClN4O. The SMILES string of the molecule is CCc1cn[nH]c1[C@@H]1CCCN(C(=O)c2cc3c(Cl)cccc3[nH]2)C1. The maximum absolute atomic E-state index is 13.0. The van der Waals surface area contributed by atoms with Gasteiger partial charge in [0.2, 0.25) is 0 Å². The second-order valence-electron chi connectivity index (χ2n) is 6.64. The number of likely N-dealkylation sites (tertiary alicyclic amines) is 1. The molecule has 0 unspecified atom stereocenters. The van der Waals surface area contributed by atoms with Gasteiger partial charge in [0.15, 0.2) is 0 Å². The zero-order valence-electron chi connectivity index (χ0n) is 14.2. The molecule has 1 saturated heterocycles. The van der Waals surface area contributed by atoms with Gasteiger partial charge >= 0.3 is 0 Å². The van der Waals surface area contributed by atoms with E-state index >= 15 is 0 Å². The van der Waals surface area contributed by atoms with E-state index in [1.54, 1.807) is 0 Å². The van der Waals surface area contributed by atoms with E-state index in [1.807, 2.05) is 35.4 Å². The summed E-state index contributed by atoms with van der Waals surface area (Å²) >= 11 is 6.23. The first-order valence-electron chi connectivity index (χ1n) is 8.76. The van der Waals surface area contributed by atoms with E-state index in [2.05, 4.69) is 22.1 Å². The van der Waals surface area contributed by atoms with Crippen molar-refractivity contribution in [2.75, 3.05) is 13.1 Å². The van der Waals surface area contributed by atoms with Crippen molar-refractivity contribution in [3.05, 3.63) is 52.4 Å². The van der Waals surface area contributed by atoms with Crippen LogP contribution in [0.4, 0.5) is 0 Å². The Hall–Kier alpha value is -2.27. The molecule has 1 aromatic carbocycles. The highest BCUT2D eigenvalue weighted by Crippen LogP contribution is 2.30. The standard InChI is InChI=1S/C19H21ClN4O/c1-2-12-10-21-23-18(12)13-5-4-8-24(11-13)19(25)17-9-14-15(20)6-3-7-16(14)22-17/h3,6-7,9-10,13,22H,2,4-5,8,11H2,1H3,(H,21,23)/t13-/m1/s1. The Morgan fingerprint density at radius 3 is 3.12 bits per heavy atom. The van der Waals surface area contributed by atoms with Gasteiger partial charge in [-0.25, -0.2) is 0 Å². The average molecular weight is 357 g/mol. The summed E-state index contributed by atoms with van der Waals surface area (Å²) in [5, 5.41) is 8.88. The number of H-pyrrole nitrogens is 2. The Morgan fingerprint density at radius 1 is 1.44 bits per heavy atom. The molecule has 2 N–H and O–H groups in total. The van der Waals surface area contributed by atoms with Crippen LogP contribution >= 0.6 is 11.6 Å². The smallest absolute Gasteiger partial charge is 0.270 e. The highest BCUT2D eigenvalue weighted by molar-refractivity contribution is 6.35. The molecule has 25 heavy (non-hydrogen) atoms. The minimum absolute atomic E-state index is 0.0366. The monoisotopic (exact) mass is 356 g/mol. The molecule has 2 aromatic heterocycles. The van der Waals surface area contributed by atoms with Crippen molar-refractivity contribution in [1.29, 1.82) is 0 Å². The molecule has 0 aliphatic carbocycles. The fourth-order valence-electron chi connectivity index (χ4n) is 3.76. The van der Waals surface area contributed by atoms with E-state index in [-0.39, 0.29) is 5.91 Å². The molecule has 1 aliphatic rings. The van der Waals surface area contributed by atoms with Crippen LogP contribution in [0.15, 0.2) is 30.5 Å². The fraction of sp³-hybridized carbons (Fsp3) is 0.368. The van der Waals surface area contributed by atoms with Crippen LogP contribution in [0.5, 0.6) is 0 Å². The summed E-state index contributed by atoms with van der Waals surface area (Å²) in [6.07, 6.45) is 4.93. The third kappa shape index (κ3) is 2.93. The Kier molecular flexibility index (Phi) is 4.25. The van der Waals surface area contributed by atoms with Crippen molar-refractivity contribution in [1.82, 2.24) is 20.1 Å². The number of benzene rings is 1. The molecule has 1 fully saturated rings. The number of nitrogens with zero attached hydrogens (tertiary/aromatic N) is 2. The number of amides is 1. The third-order valence-corrected chi connectivity index (χ3v) is 5.42. The van der Waals surface area contributed by atoms with Crippen LogP contribution in [-0.4, -0.2) is 39.1 Å². The van der Waals surface area contributed by atoms with Crippen molar-refractivity contribution in [2.24, 2.45) is 0 Å². The number of piperidine rings is 1. The Labute approximate surface area is 151 Å². The molecule has 1 aliphatic heterocycles. The Morgan fingerprint density at radius 2 is 2.32 bits per heavy atom. The lowest BCUT2D eigenvalue weighted by atomic mass is 9.92. The lowest BCUT2D eigenvalue weighted by Gasteiger charge is -2.32. The molecule has 1 amide bonds. The summed E-state index contributed by atoms with van der Waals surface area (Å²) < 4.78 is 0. The molecule has 3 heterocycles. The summed E-state index contributed by atoms with van der Waals surface area (Å²) in [6, 6.07) is 7.52. The maximum atomic E-state index is 13.0. The van der Waals surface area contributed by atoms with Crippen LogP contribution in [0.2, 0.25) is 5.02 Å². The minimum atomic E-state index is 0.0366. The van der Waals surface area contributed by atoms with Gasteiger partial charge in [0.1, 0.15) is 5.69 Å². The van der Waals surface area contributed by atoms with Gasteiger partial charge in [0.25, 0.3) is 5.91 Å². The number of carbonyl (C=O) groups excluding carboxylic acids is 1. The lowest BCUT2D eigenvalue weighted by Crippen LogP contribution is -2.39. The number of carbonyl (C=O) groups is 1. The van der Waals surface area contributed by atoms with Crippen LogP contribution in [0, 0.1) is 0 Å². The van der Waals surface area contributed by atoms with Gasteiger partial charge in [-0.15, -0.1) is 0 Å². The molecule has 0 spiro atoms. The molecule has 0 saturated carbocycles. The van der Waals surface area contributed by atoms with Crippen molar-refractivity contribution >= 4 is 28.4 Å². The molecule has 0 bridgehead atoms. The van der Waals surface area contributed by atoms with Crippen LogP contribution in [0.1, 0.15) is 47.4 Å². The number of aromatic amines is 2. The maximum Gasteiger partial charge on any atom is 0.270 e. The van der Waals surface area contributed by atoms with E-state index in [1.165, 1.54) is 11.3 Å². The quantitative estimate of drug-likeness (QED) is 0.741. The lowest BCUT2D eigenvalue weighted by molar-refractivity contribution is 0.0700. The van der Waals surface area contributed by atoms with Gasteiger partial charge in [-0.3, -0.25) is 9.89 Å². The number of hydrogen-bond donors (Lipinski definition) is 2. The second-order valence-corrected chi connectivity index (χ2v) is 7.04. The highest BCUT2D eigenvalue weighted by atomic mass is 35.5. The molecule has 3 aromatic rings. The topological polar surface area (TPSA) is 64.8 Å². The van der Waals surface area contributed by atoms with Crippen LogP contribution in [-0.2, 0) is 6.42 Å². The number of aryl methyl sites for hydroxylation is 1. The molecule has 1 atom stereocenters. The van der Waals surface area contributed by atoms with Crippen LogP contribution in [0.3, 0.4) is 0 Å². The number of rotatable bonds is 3. The van der Waals surface area contributed by atoms with Crippen LogP contribution in [0.25, 0.3) is 10.9 Å². The van der Waals surface area contributed by atoms with Gasteiger partial charge in [0, 0.05) is 40.6 Å². The summed E-state index contributed by atoms with van der Waals surface area (Å²) in [5.74, 6) is 0.359. The largest absolute Gasteiger partial charge is 0.350 e. The third-order valence-electron chi connectivity index (χ3n) is 5.09. The van der Waals surface area contributed by atoms with Gasteiger partial charge in [-0.1, -0.05) is 24.6 Å². The van der Waals surface area contributed by atoms with Crippen LogP contribution < -0.4 is 0 Å². The number of hydrogen-bond acceptors (Lipinski definition) is 2. The van der Waals surface area contributed by atoms with Crippen molar-refractivity contribution in [3.63, 3.8) is 0 Å².